The molecule has 6 nitrogen and oxygen atoms in total. The number of thioether (sulfide) groups is 1. The van der Waals surface area contributed by atoms with Crippen LogP contribution in [0.5, 0.6) is 0 Å². The quantitative estimate of drug-likeness (QED) is 0.570. The van der Waals surface area contributed by atoms with Gasteiger partial charge in [0.05, 0.1) is 22.7 Å². The summed E-state index contributed by atoms with van der Waals surface area (Å²) in [6.07, 6.45) is 9.83. The fourth-order valence-corrected chi connectivity index (χ4v) is 5.61. The largest absolute Gasteiger partial charge is 0.337 e. The number of rotatable bonds is 5. The summed E-state index contributed by atoms with van der Waals surface area (Å²) in [5, 5.41) is 13.8. The Hall–Kier alpha value is -2.33. The molecule has 2 aliphatic rings. The van der Waals surface area contributed by atoms with Crippen molar-refractivity contribution in [3.8, 4) is 6.07 Å². The number of nitriles is 1. The second-order valence-electron chi connectivity index (χ2n) is 8.47. The summed E-state index contributed by atoms with van der Waals surface area (Å²) >= 11 is 1.31. The SMILES string of the molecule is N#CC1(NC(=O)CSc2nc3ccccc3c(=O)n2C2CCCCC2)CCCCC1. The highest BCUT2D eigenvalue weighted by molar-refractivity contribution is 7.99. The number of carbonyl (C=O) groups excluding carboxylic acids is 1. The molecule has 0 unspecified atom stereocenters. The minimum absolute atomic E-state index is 0.0174. The van der Waals surface area contributed by atoms with Crippen molar-refractivity contribution in [3.63, 3.8) is 0 Å². The Labute approximate surface area is 181 Å². The normalized spacial score (nSPS) is 19.3. The van der Waals surface area contributed by atoms with Gasteiger partial charge in [-0.3, -0.25) is 14.2 Å². The summed E-state index contributed by atoms with van der Waals surface area (Å²) < 4.78 is 1.82. The fraction of sp³-hybridized carbons (Fsp3) is 0.565. The summed E-state index contributed by atoms with van der Waals surface area (Å²) in [5.41, 5.74) is -0.0927. The number of aromatic nitrogens is 2. The molecule has 0 bridgehead atoms. The van der Waals surface area contributed by atoms with Gasteiger partial charge in [0.25, 0.3) is 5.56 Å². The first-order valence-electron chi connectivity index (χ1n) is 11.0. The third-order valence-electron chi connectivity index (χ3n) is 6.35. The van der Waals surface area contributed by atoms with Crippen molar-refractivity contribution in [2.45, 2.75) is 80.9 Å². The average Bonchev–Trinajstić information content (AvgIpc) is 2.79. The van der Waals surface area contributed by atoms with Crippen molar-refractivity contribution in [1.82, 2.24) is 14.9 Å². The van der Waals surface area contributed by atoms with E-state index in [9.17, 15) is 14.9 Å². The monoisotopic (exact) mass is 424 g/mol. The standard InChI is InChI=1S/C23H28N4O2S/c24-16-23(13-7-2-8-14-23)26-20(28)15-30-22-25-19-12-6-5-11-18(19)21(29)27(22)17-9-3-1-4-10-17/h5-6,11-12,17H,1-4,7-10,13-15H2,(H,26,28). The lowest BCUT2D eigenvalue weighted by Gasteiger charge is -2.31. The maximum atomic E-state index is 13.3. The molecular weight excluding hydrogens is 396 g/mol. The van der Waals surface area contributed by atoms with Gasteiger partial charge >= 0.3 is 0 Å². The van der Waals surface area contributed by atoms with E-state index in [0.29, 0.717) is 28.9 Å². The van der Waals surface area contributed by atoms with Crippen molar-refractivity contribution in [2.24, 2.45) is 0 Å². The van der Waals surface area contributed by atoms with E-state index in [2.05, 4.69) is 11.4 Å². The zero-order valence-electron chi connectivity index (χ0n) is 17.2. The molecule has 0 atom stereocenters. The Balaban J connectivity index is 1.57. The molecule has 1 heterocycles. The van der Waals surface area contributed by atoms with Gasteiger partial charge in [0.2, 0.25) is 5.91 Å². The molecule has 1 amide bonds. The van der Waals surface area contributed by atoms with Crippen LogP contribution in [0, 0.1) is 11.3 Å². The first-order chi connectivity index (χ1) is 14.6. The van der Waals surface area contributed by atoms with Crippen LogP contribution >= 0.6 is 11.8 Å². The lowest BCUT2D eigenvalue weighted by molar-refractivity contribution is -0.120. The first-order valence-corrected chi connectivity index (χ1v) is 12.0. The number of nitrogens with one attached hydrogen (secondary N) is 1. The van der Waals surface area contributed by atoms with E-state index in [1.807, 2.05) is 28.8 Å². The smallest absolute Gasteiger partial charge is 0.262 e. The second kappa shape index (κ2) is 9.22. The zero-order chi connectivity index (χ0) is 21.0. The maximum Gasteiger partial charge on any atom is 0.262 e. The van der Waals surface area contributed by atoms with E-state index in [0.717, 1.165) is 44.9 Å². The number of fused-ring (bicyclic) bond motifs is 1. The first kappa shape index (κ1) is 20.9. The Morgan fingerprint density at radius 2 is 1.87 bits per heavy atom. The zero-order valence-corrected chi connectivity index (χ0v) is 18.0. The molecule has 0 radical (unpaired) electrons. The van der Waals surface area contributed by atoms with Gasteiger partial charge in [0.15, 0.2) is 5.16 Å². The molecule has 0 aliphatic heterocycles. The Morgan fingerprint density at radius 3 is 2.60 bits per heavy atom. The third-order valence-corrected chi connectivity index (χ3v) is 7.30. The van der Waals surface area contributed by atoms with E-state index in [1.165, 1.54) is 18.2 Å². The molecule has 2 aliphatic carbocycles. The number of amides is 1. The molecule has 7 heteroatoms. The van der Waals surface area contributed by atoms with Crippen LogP contribution in [-0.4, -0.2) is 26.8 Å². The number of nitrogens with zero attached hydrogens (tertiary/aromatic N) is 3. The Morgan fingerprint density at radius 1 is 1.17 bits per heavy atom. The minimum atomic E-state index is -0.740. The van der Waals surface area contributed by atoms with E-state index >= 15 is 0 Å². The molecule has 4 rings (SSSR count). The van der Waals surface area contributed by atoms with Crippen LogP contribution < -0.4 is 10.9 Å². The predicted molar refractivity (Wildman–Crippen MR) is 118 cm³/mol. The van der Waals surface area contributed by atoms with Crippen LogP contribution in [0.15, 0.2) is 34.2 Å². The van der Waals surface area contributed by atoms with Crippen molar-refractivity contribution < 1.29 is 4.79 Å². The van der Waals surface area contributed by atoms with Crippen LogP contribution in [0.2, 0.25) is 0 Å². The fourth-order valence-electron chi connectivity index (χ4n) is 4.74. The average molecular weight is 425 g/mol. The van der Waals surface area contributed by atoms with Gasteiger partial charge in [-0.05, 0) is 37.8 Å². The molecule has 1 aromatic heterocycles. The summed E-state index contributed by atoms with van der Waals surface area (Å²) in [6, 6.07) is 9.88. The third kappa shape index (κ3) is 4.39. The van der Waals surface area contributed by atoms with Crippen LogP contribution in [0.1, 0.15) is 70.3 Å². The lowest BCUT2D eigenvalue weighted by Crippen LogP contribution is -2.49. The molecule has 1 N–H and O–H groups in total. The second-order valence-corrected chi connectivity index (χ2v) is 9.41. The highest BCUT2D eigenvalue weighted by Crippen LogP contribution is 2.31. The molecule has 2 saturated carbocycles. The molecule has 1 aromatic carbocycles. The van der Waals surface area contributed by atoms with Gasteiger partial charge in [-0.15, -0.1) is 0 Å². The summed E-state index contributed by atoms with van der Waals surface area (Å²) in [5.74, 6) is -0.0120. The number of benzene rings is 1. The Bertz CT molecular complexity index is 1010. The molecule has 2 fully saturated rings. The van der Waals surface area contributed by atoms with E-state index in [4.69, 9.17) is 4.98 Å². The molecule has 158 valence electrons. The van der Waals surface area contributed by atoms with Crippen LogP contribution in [0.3, 0.4) is 0 Å². The van der Waals surface area contributed by atoms with Gasteiger partial charge in [0, 0.05) is 6.04 Å². The van der Waals surface area contributed by atoms with Crippen molar-refractivity contribution in [2.75, 3.05) is 5.75 Å². The lowest BCUT2D eigenvalue weighted by atomic mass is 9.83. The number of hydrogen-bond acceptors (Lipinski definition) is 5. The van der Waals surface area contributed by atoms with Crippen LogP contribution in [-0.2, 0) is 4.79 Å². The van der Waals surface area contributed by atoms with E-state index < -0.39 is 5.54 Å². The van der Waals surface area contributed by atoms with Crippen LogP contribution in [0.25, 0.3) is 10.9 Å². The molecular formula is C23H28N4O2S. The van der Waals surface area contributed by atoms with Gasteiger partial charge in [-0.2, -0.15) is 5.26 Å². The van der Waals surface area contributed by atoms with Gasteiger partial charge in [-0.25, -0.2) is 4.98 Å². The number of hydrogen-bond donors (Lipinski definition) is 1. The summed E-state index contributed by atoms with van der Waals surface area (Å²) in [6.45, 7) is 0. The Kier molecular flexibility index (Phi) is 6.43. The number of para-hydroxylation sites is 1. The molecule has 0 spiro atoms. The minimum Gasteiger partial charge on any atom is -0.337 e. The van der Waals surface area contributed by atoms with Gasteiger partial charge in [0.1, 0.15) is 5.54 Å². The molecule has 2 aromatic rings. The highest BCUT2D eigenvalue weighted by Gasteiger charge is 2.33. The van der Waals surface area contributed by atoms with E-state index in [-0.39, 0.29) is 23.3 Å². The van der Waals surface area contributed by atoms with Crippen molar-refractivity contribution >= 4 is 28.6 Å². The summed E-state index contributed by atoms with van der Waals surface area (Å²) in [7, 11) is 0. The summed E-state index contributed by atoms with van der Waals surface area (Å²) in [4.78, 5) is 30.7. The van der Waals surface area contributed by atoms with Gasteiger partial charge in [-0.1, -0.05) is 62.4 Å². The van der Waals surface area contributed by atoms with Crippen molar-refractivity contribution in [1.29, 1.82) is 5.26 Å². The topological polar surface area (TPSA) is 87.8 Å². The van der Waals surface area contributed by atoms with Crippen LogP contribution in [0.4, 0.5) is 0 Å². The van der Waals surface area contributed by atoms with Gasteiger partial charge < -0.3 is 5.32 Å². The maximum absolute atomic E-state index is 13.3. The number of carbonyl (C=O) groups is 1. The van der Waals surface area contributed by atoms with E-state index in [1.54, 1.807) is 0 Å². The highest BCUT2D eigenvalue weighted by atomic mass is 32.2. The molecule has 30 heavy (non-hydrogen) atoms. The van der Waals surface area contributed by atoms with Crippen molar-refractivity contribution in [3.05, 3.63) is 34.6 Å². The molecule has 0 saturated heterocycles. The predicted octanol–water partition coefficient (Wildman–Crippen LogP) is 4.34.